The fourth-order valence-electron chi connectivity index (χ4n) is 2.85. The van der Waals surface area contributed by atoms with E-state index in [1.807, 2.05) is 54.1 Å². The van der Waals surface area contributed by atoms with Crippen LogP contribution in [0.3, 0.4) is 0 Å². The van der Waals surface area contributed by atoms with Crippen LogP contribution in [0.2, 0.25) is 5.02 Å². The second-order valence-corrected chi connectivity index (χ2v) is 7.56. The maximum absolute atomic E-state index is 12.2. The van der Waals surface area contributed by atoms with Gasteiger partial charge in [0.25, 0.3) is 0 Å². The second kappa shape index (κ2) is 7.70. The van der Waals surface area contributed by atoms with Crippen LogP contribution in [0, 0.1) is 0 Å². The third-order valence-corrected chi connectivity index (χ3v) is 5.49. The van der Waals surface area contributed by atoms with Crippen molar-refractivity contribution in [1.29, 1.82) is 0 Å². The second-order valence-electron chi connectivity index (χ2n) is 6.18. The van der Waals surface area contributed by atoms with Crippen LogP contribution in [0.4, 0.5) is 0 Å². The number of thioether (sulfide) groups is 1. The van der Waals surface area contributed by atoms with Crippen molar-refractivity contribution < 1.29 is 14.3 Å². The molecule has 0 bridgehead atoms. The smallest absolute Gasteiger partial charge is 0.230 e. The minimum absolute atomic E-state index is 0.0763. The molecule has 2 heterocycles. The quantitative estimate of drug-likeness (QED) is 0.662. The van der Waals surface area contributed by atoms with Gasteiger partial charge in [-0.05, 0) is 30.3 Å². The summed E-state index contributed by atoms with van der Waals surface area (Å²) in [5.74, 6) is 1.63. The number of nitrogens with zero attached hydrogens (tertiary/aromatic N) is 2. The Hall–Kier alpha value is -2.38. The average molecular weight is 404 g/mol. The molecule has 3 aromatic rings. The van der Waals surface area contributed by atoms with E-state index in [1.165, 1.54) is 11.8 Å². The first kappa shape index (κ1) is 18.0. The van der Waals surface area contributed by atoms with E-state index in [9.17, 15) is 4.79 Å². The maximum atomic E-state index is 12.2. The van der Waals surface area contributed by atoms with Gasteiger partial charge < -0.3 is 19.4 Å². The number of aryl methyl sites for hydroxylation is 1. The average Bonchev–Trinajstić information content (AvgIpc) is 2.99. The van der Waals surface area contributed by atoms with Crippen molar-refractivity contribution >= 4 is 40.3 Å². The molecule has 1 aromatic heterocycles. The maximum Gasteiger partial charge on any atom is 0.230 e. The molecule has 1 aliphatic heterocycles. The molecular formula is C19H18ClN3O3S. The van der Waals surface area contributed by atoms with E-state index >= 15 is 0 Å². The predicted molar refractivity (Wildman–Crippen MR) is 106 cm³/mol. The highest BCUT2D eigenvalue weighted by molar-refractivity contribution is 7.99. The first-order valence-electron chi connectivity index (χ1n) is 8.50. The highest BCUT2D eigenvalue weighted by Gasteiger charge is 2.21. The number of halogens is 1. The van der Waals surface area contributed by atoms with Crippen molar-refractivity contribution in [3.05, 3.63) is 47.5 Å². The van der Waals surface area contributed by atoms with Crippen molar-refractivity contribution in [2.45, 2.75) is 11.3 Å². The van der Waals surface area contributed by atoms with Crippen molar-refractivity contribution in [1.82, 2.24) is 14.9 Å². The number of rotatable bonds is 5. The summed E-state index contributed by atoms with van der Waals surface area (Å²) in [7, 11) is 1.92. The lowest BCUT2D eigenvalue weighted by Crippen LogP contribution is -2.41. The number of hydrogen-bond acceptors (Lipinski definition) is 5. The zero-order valence-electron chi connectivity index (χ0n) is 14.6. The molecule has 0 spiro atoms. The largest absolute Gasteiger partial charge is 0.486 e. The predicted octanol–water partition coefficient (Wildman–Crippen LogP) is 3.28. The van der Waals surface area contributed by atoms with Crippen molar-refractivity contribution in [3.63, 3.8) is 0 Å². The lowest BCUT2D eigenvalue weighted by atomic mass is 10.2. The van der Waals surface area contributed by atoms with Gasteiger partial charge in [-0.2, -0.15) is 0 Å². The van der Waals surface area contributed by atoms with E-state index in [-0.39, 0.29) is 17.8 Å². The summed E-state index contributed by atoms with van der Waals surface area (Å²) in [5, 5.41) is 4.31. The van der Waals surface area contributed by atoms with E-state index in [0.717, 1.165) is 21.9 Å². The molecule has 1 amide bonds. The summed E-state index contributed by atoms with van der Waals surface area (Å²) in [6, 6.07) is 13.1. The molecule has 0 radical (unpaired) electrons. The number of aromatic nitrogens is 2. The summed E-state index contributed by atoms with van der Waals surface area (Å²) >= 11 is 7.40. The SMILES string of the molecule is Cn1c(SCC(=O)NC[C@H]2COc3ccccc3O2)nc2cc(Cl)ccc21. The molecule has 0 fully saturated rings. The van der Waals surface area contributed by atoms with Gasteiger partial charge in [0.15, 0.2) is 16.7 Å². The van der Waals surface area contributed by atoms with Gasteiger partial charge in [0.2, 0.25) is 5.91 Å². The van der Waals surface area contributed by atoms with Crippen LogP contribution in [0.5, 0.6) is 11.5 Å². The molecule has 2 aromatic carbocycles. The summed E-state index contributed by atoms with van der Waals surface area (Å²) in [4.78, 5) is 16.7. The zero-order valence-corrected chi connectivity index (χ0v) is 16.2. The monoisotopic (exact) mass is 403 g/mol. The van der Waals surface area contributed by atoms with Gasteiger partial charge in [0, 0.05) is 12.1 Å². The highest BCUT2D eigenvalue weighted by Crippen LogP contribution is 2.30. The van der Waals surface area contributed by atoms with Gasteiger partial charge in [-0.3, -0.25) is 4.79 Å². The Bertz CT molecular complexity index is 991. The summed E-state index contributed by atoms with van der Waals surface area (Å²) < 4.78 is 13.4. The first-order valence-corrected chi connectivity index (χ1v) is 9.86. The topological polar surface area (TPSA) is 65.4 Å². The minimum atomic E-state index is -0.202. The Morgan fingerprint density at radius 3 is 3.00 bits per heavy atom. The molecule has 1 atom stereocenters. The fourth-order valence-corrected chi connectivity index (χ4v) is 3.84. The Morgan fingerprint density at radius 2 is 2.15 bits per heavy atom. The number of hydrogen-bond donors (Lipinski definition) is 1. The molecule has 8 heteroatoms. The molecule has 0 saturated carbocycles. The normalized spacial score (nSPS) is 15.7. The van der Waals surface area contributed by atoms with E-state index in [4.69, 9.17) is 21.1 Å². The molecule has 0 saturated heterocycles. The van der Waals surface area contributed by atoms with Crippen LogP contribution in [0.25, 0.3) is 11.0 Å². The van der Waals surface area contributed by atoms with Gasteiger partial charge in [0.1, 0.15) is 12.7 Å². The molecule has 0 unspecified atom stereocenters. The van der Waals surface area contributed by atoms with Gasteiger partial charge >= 0.3 is 0 Å². The number of benzene rings is 2. The summed E-state index contributed by atoms with van der Waals surface area (Å²) in [6.07, 6.45) is -0.202. The number of imidazole rings is 1. The van der Waals surface area contributed by atoms with E-state index < -0.39 is 0 Å². The lowest BCUT2D eigenvalue weighted by molar-refractivity contribution is -0.119. The Balaban J connectivity index is 1.30. The van der Waals surface area contributed by atoms with Gasteiger partial charge in [-0.25, -0.2) is 4.98 Å². The summed E-state index contributed by atoms with van der Waals surface area (Å²) in [5.41, 5.74) is 1.80. The highest BCUT2D eigenvalue weighted by atomic mass is 35.5. The number of amides is 1. The molecule has 1 N–H and O–H groups in total. The van der Waals surface area contributed by atoms with Crippen molar-refractivity contribution in [3.8, 4) is 11.5 Å². The molecule has 1 aliphatic rings. The van der Waals surface area contributed by atoms with E-state index in [0.29, 0.717) is 23.9 Å². The lowest BCUT2D eigenvalue weighted by Gasteiger charge is -2.26. The Morgan fingerprint density at radius 1 is 1.33 bits per heavy atom. The molecule has 140 valence electrons. The van der Waals surface area contributed by atoms with Crippen LogP contribution in [-0.2, 0) is 11.8 Å². The molecular weight excluding hydrogens is 386 g/mol. The number of nitrogens with one attached hydrogen (secondary N) is 1. The minimum Gasteiger partial charge on any atom is -0.486 e. The molecule has 4 rings (SSSR count). The number of carbonyl (C=O) groups excluding carboxylic acids is 1. The molecule has 27 heavy (non-hydrogen) atoms. The molecule has 0 aliphatic carbocycles. The van der Waals surface area contributed by atoms with Crippen LogP contribution in [-0.4, -0.2) is 40.5 Å². The van der Waals surface area contributed by atoms with Crippen LogP contribution >= 0.6 is 23.4 Å². The third-order valence-electron chi connectivity index (χ3n) is 4.23. The summed E-state index contributed by atoms with van der Waals surface area (Å²) in [6.45, 7) is 0.807. The number of fused-ring (bicyclic) bond motifs is 2. The van der Waals surface area contributed by atoms with Crippen molar-refractivity contribution in [2.24, 2.45) is 7.05 Å². The van der Waals surface area contributed by atoms with Crippen LogP contribution in [0.15, 0.2) is 47.6 Å². The standard InChI is InChI=1S/C19H18ClN3O3S/c1-23-15-7-6-12(20)8-14(15)22-19(23)27-11-18(24)21-9-13-10-25-16-4-2-3-5-17(16)26-13/h2-8,13H,9-11H2,1H3,(H,21,24)/t13-/m0/s1. The van der Waals surface area contributed by atoms with Crippen molar-refractivity contribution in [2.75, 3.05) is 18.9 Å². The first-order chi connectivity index (χ1) is 13.1. The van der Waals surface area contributed by atoms with E-state index in [1.54, 1.807) is 0 Å². The van der Waals surface area contributed by atoms with Gasteiger partial charge in [0.05, 0.1) is 23.3 Å². The van der Waals surface area contributed by atoms with Crippen LogP contribution < -0.4 is 14.8 Å². The fraction of sp³-hybridized carbons (Fsp3) is 0.263. The Kier molecular flexibility index (Phi) is 5.13. The van der Waals surface area contributed by atoms with E-state index in [2.05, 4.69) is 10.3 Å². The zero-order chi connectivity index (χ0) is 18.8. The third kappa shape index (κ3) is 3.99. The van der Waals surface area contributed by atoms with Crippen LogP contribution in [0.1, 0.15) is 0 Å². The van der Waals surface area contributed by atoms with Gasteiger partial charge in [-0.1, -0.05) is 35.5 Å². The molecule has 6 nitrogen and oxygen atoms in total. The number of ether oxygens (including phenoxy) is 2. The Labute approximate surface area is 165 Å². The number of carbonyl (C=O) groups is 1. The number of para-hydroxylation sites is 2. The van der Waals surface area contributed by atoms with Gasteiger partial charge in [-0.15, -0.1) is 0 Å².